The minimum absolute atomic E-state index is 0.275. The van der Waals surface area contributed by atoms with Crippen LogP contribution in [0.15, 0.2) is 59.7 Å². The third-order valence-electron chi connectivity index (χ3n) is 7.68. The van der Waals surface area contributed by atoms with Gasteiger partial charge in [-0.25, -0.2) is 4.98 Å². The molecule has 2 aliphatic carbocycles. The van der Waals surface area contributed by atoms with E-state index in [2.05, 4.69) is 77.6 Å². The molecule has 2 aromatic rings. The van der Waals surface area contributed by atoms with E-state index in [1.807, 2.05) is 18.2 Å². The van der Waals surface area contributed by atoms with E-state index >= 15 is 0 Å². The molecule has 1 N–H and O–H groups in total. The predicted octanol–water partition coefficient (Wildman–Crippen LogP) is 10.1. The van der Waals surface area contributed by atoms with Crippen molar-refractivity contribution < 1.29 is 9.84 Å². The topological polar surface area (TPSA) is 55.2 Å². The zero-order valence-electron chi connectivity index (χ0n) is 28.2. The predicted molar refractivity (Wildman–Crippen MR) is 189 cm³/mol. The number of aromatic nitrogens is 2. The van der Waals surface area contributed by atoms with Crippen molar-refractivity contribution in [3.8, 4) is 10.6 Å². The highest BCUT2D eigenvalue weighted by Crippen LogP contribution is 2.48. The van der Waals surface area contributed by atoms with Crippen molar-refractivity contribution in [2.75, 3.05) is 13.2 Å². The van der Waals surface area contributed by atoms with Crippen molar-refractivity contribution >= 4 is 28.2 Å². The van der Waals surface area contributed by atoms with Gasteiger partial charge in [0.05, 0.1) is 23.4 Å². The summed E-state index contributed by atoms with van der Waals surface area (Å²) in [6, 6.07) is 2.01. The summed E-state index contributed by atoms with van der Waals surface area (Å²) >= 11 is 1.63. The molecule has 236 valence electrons. The van der Waals surface area contributed by atoms with E-state index in [9.17, 15) is 5.11 Å². The largest absolute Gasteiger partial charge is 0.512 e. The van der Waals surface area contributed by atoms with Crippen LogP contribution in [0.1, 0.15) is 119 Å². The van der Waals surface area contributed by atoms with Gasteiger partial charge in [0.15, 0.2) is 0 Å². The first-order valence-corrected chi connectivity index (χ1v) is 17.2. The van der Waals surface area contributed by atoms with Gasteiger partial charge in [0, 0.05) is 34.5 Å². The molecule has 0 aromatic carbocycles. The van der Waals surface area contributed by atoms with Crippen LogP contribution in [0, 0.1) is 5.41 Å². The molecule has 2 aliphatic rings. The van der Waals surface area contributed by atoms with E-state index in [0.717, 1.165) is 77.7 Å². The molecule has 43 heavy (non-hydrogen) atoms. The van der Waals surface area contributed by atoms with Gasteiger partial charge in [-0.15, -0.1) is 11.3 Å². The average molecular weight is 605 g/mol. The highest BCUT2D eigenvalue weighted by molar-refractivity contribution is 7.13. The summed E-state index contributed by atoms with van der Waals surface area (Å²) in [6.07, 6.45) is 20.6. The summed E-state index contributed by atoms with van der Waals surface area (Å²) in [5, 5.41) is 14.8. The molecular weight excluding hydrogens is 548 g/mol. The molecule has 2 fully saturated rings. The second-order valence-electron chi connectivity index (χ2n) is 11.7. The second kappa shape index (κ2) is 18.8. The van der Waals surface area contributed by atoms with Crippen LogP contribution >= 0.6 is 11.3 Å². The third kappa shape index (κ3) is 11.4. The van der Waals surface area contributed by atoms with Crippen LogP contribution in [0.3, 0.4) is 0 Å². The van der Waals surface area contributed by atoms with E-state index in [-0.39, 0.29) is 5.76 Å². The zero-order valence-corrected chi connectivity index (χ0v) is 29.0. The molecule has 2 aromatic heterocycles. The second-order valence-corrected chi connectivity index (χ2v) is 12.6. The van der Waals surface area contributed by atoms with Crippen LogP contribution in [0.2, 0.25) is 0 Å². The summed E-state index contributed by atoms with van der Waals surface area (Å²) in [5.41, 5.74) is 7.66. The Hall–Kier alpha value is -2.76. The van der Waals surface area contributed by atoms with Gasteiger partial charge in [0.25, 0.3) is 0 Å². The van der Waals surface area contributed by atoms with E-state index in [1.54, 1.807) is 24.5 Å². The lowest BCUT2D eigenvalue weighted by atomic mass is 9.95. The number of aliphatic hydroxyl groups is 1. The molecule has 0 aliphatic heterocycles. The summed E-state index contributed by atoms with van der Waals surface area (Å²) < 4.78 is 5.50. The van der Waals surface area contributed by atoms with E-state index < -0.39 is 0 Å². The van der Waals surface area contributed by atoms with Crippen molar-refractivity contribution in [2.45, 2.75) is 113 Å². The summed E-state index contributed by atoms with van der Waals surface area (Å²) in [7, 11) is 0. The Labute approximate surface area is 265 Å². The molecule has 0 saturated heterocycles. The SMILES string of the molecule is C=C\C=C/C(=C(\C)CCC)C(=C\C)/c1csc(-c2c/c(=C(/C)O)cnc2=C2CC2)n1.CCC.CCCOCC1(CC)CC1. The Bertz CT molecular complexity index is 1380. The summed E-state index contributed by atoms with van der Waals surface area (Å²) in [6.45, 7) is 22.6. The molecule has 2 saturated carbocycles. The number of pyridine rings is 1. The number of allylic oxidation sites excluding steroid dienone is 7. The van der Waals surface area contributed by atoms with Gasteiger partial charge in [-0.3, -0.25) is 4.98 Å². The maximum atomic E-state index is 9.96. The maximum absolute atomic E-state index is 9.96. The van der Waals surface area contributed by atoms with Gasteiger partial charge >= 0.3 is 0 Å². The molecule has 0 unspecified atom stereocenters. The van der Waals surface area contributed by atoms with Crippen molar-refractivity contribution in [2.24, 2.45) is 5.41 Å². The highest BCUT2D eigenvalue weighted by atomic mass is 32.1. The monoisotopic (exact) mass is 604 g/mol. The van der Waals surface area contributed by atoms with Gasteiger partial charge in [0.1, 0.15) is 5.01 Å². The van der Waals surface area contributed by atoms with Gasteiger partial charge in [-0.1, -0.05) is 83.9 Å². The number of aliphatic hydroxyl groups excluding tert-OH is 1. The fourth-order valence-electron chi connectivity index (χ4n) is 4.71. The number of thiazole rings is 1. The summed E-state index contributed by atoms with van der Waals surface area (Å²) in [4.78, 5) is 9.65. The molecule has 0 radical (unpaired) electrons. The molecule has 0 spiro atoms. The van der Waals surface area contributed by atoms with E-state index in [4.69, 9.17) is 9.72 Å². The first kappa shape index (κ1) is 36.4. The number of hydrogen-bond donors (Lipinski definition) is 1. The minimum Gasteiger partial charge on any atom is -0.512 e. The number of nitrogens with zero attached hydrogens (tertiary/aromatic N) is 2. The van der Waals surface area contributed by atoms with Crippen molar-refractivity contribution in [1.29, 1.82) is 0 Å². The highest BCUT2D eigenvalue weighted by Gasteiger charge is 2.40. The third-order valence-corrected chi connectivity index (χ3v) is 8.55. The Kier molecular flexibility index (Phi) is 15.9. The van der Waals surface area contributed by atoms with E-state index in [0.29, 0.717) is 5.41 Å². The molecular formula is C38H56N2O2S. The minimum atomic E-state index is 0.275. The Balaban J connectivity index is 0.000000413. The Morgan fingerprint density at radius 2 is 1.81 bits per heavy atom. The van der Waals surface area contributed by atoms with Crippen molar-refractivity contribution in [3.63, 3.8) is 0 Å². The zero-order chi connectivity index (χ0) is 31.8. The van der Waals surface area contributed by atoms with Crippen LogP contribution in [0.4, 0.5) is 0 Å². The fraction of sp³-hybridized carbons (Fsp3) is 0.526. The standard InChI is InChI=1S/C26H30N2OS.C9H18O.C3H8/c1-6-9-11-22(17(4)10-7-2)21(8-3)24-16-30-26(28-24)23-14-20(18(5)29)15-27-25(23)19-12-13-19;1-3-7-10-8-9(4-2)5-6-9;1-3-2/h6,8-9,11,14-16,29H,1,7,10,12-13H2,2-5H3;3-8H2,1-2H3;3H2,1-2H3/b11-9-,20-18+,21-8+,22-17-;;. The van der Waals surface area contributed by atoms with Crippen molar-refractivity contribution in [1.82, 2.24) is 9.97 Å². The first-order valence-electron chi connectivity index (χ1n) is 16.3. The molecule has 2 heterocycles. The van der Waals surface area contributed by atoms with Crippen LogP contribution in [0.25, 0.3) is 27.5 Å². The number of rotatable bonds is 12. The Morgan fingerprint density at radius 1 is 1.12 bits per heavy atom. The smallest absolute Gasteiger partial charge is 0.126 e. The van der Waals surface area contributed by atoms with Gasteiger partial charge in [-0.05, 0) is 88.3 Å². The van der Waals surface area contributed by atoms with Gasteiger partial charge < -0.3 is 9.84 Å². The average Bonchev–Trinajstić information content (AvgIpc) is 3.94. The van der Waals surface area contributed by atoms with Crippen LogP contribution < -0.4 is 10.6 Å². The molecule has 5 heteroatoms. The van der Waals surface area contributed by atoms with E-state index in [1.165, 1.54) is 42.4 Å². The van der Waals surface area contributed by atoms with Crippen molar-refractivity contribution in [3.05, 3.63) is 75.9 Å². The molecule has 0 atom stereocenters. The summed E-state index contributed by atoms with van der Waals surface area (Å²) in [5.74, 6) is 0.275. The van der Waals surface area contributed by atoms with Gasteiger partial charge in [0.2, 0.25) is 0 Å². The quantitative estimate of drug-likeness (QED) is 0.193. The first-order chi connectivity index (χ1) is 20.7. The molecule has 4 nitrogen and oxygen atoms in total. The fourth-order valence-corrected chi connectivity index (χ4v) is 5.55. The molecule has 0 amide bonds. The van der Waals surface area contributed by atoms with Crippen LogP contribution in [-0.4, -0.2) is 28.3 Å². The Morgan fingerprint density at radius 3 is 2.33 bits per heavy atom. The van der Waals surface area contributed by atoms with Gasteiger partial charge in [-0.2, -0.15) is 0 Å². The van der Waals surface area contributed by atoms with Crippen LogP contribution in [-0.2, 0) is 4.74 Å². The van der Waals surface area contributed by atoms with Crippen LogP contribution in [0.5, 0.6) is 0 Å². The molecule has 0 bridgehead atoms. The normalized spacial score (nSPS) is 16.5. The lowest BCUT2D eigenvalue weighted by Gasteiger charge is -2.11. The maximum Gasteiger partial charge on any atom is 0.126 e. The number of hydrogen-bond acceptors (Lipinski definition) is 5. The lowest BCUT2D eigenvalue weighted by Crippen LogP contribution is -2.18. The number of ether oxygens (including phenoxy) is 1. The lowest BCUT2D eigenvalue weighted by molar-refractivity contribution is 0.0891. The molecule has 4 rings (SSSR count).